The van der Waals surface area contributed by atoms with Crippen molar-refractivity contribution in [3.05, 3.63) is 59.2 Å². The smallest absolute Gasteiger partial charge is 0.226 e. The number of anilines is 1. The summed E-state index contributed by atoms with van der Waals surface area (Å²) >= 11 is 1.59. The number of thiophene rings is 1. The number of hydrogen-bond acceptors (Lipinski definition) is 5. The molecule has 4 rings (SSSR count). The summed E-state index contributed by atoms with van der Waals surface area (Å²) in [6.07, 6.45) is 5.02. The fraction of sp³-hybridized carbons (Fsp3) is 0.333. The third-order valence-electron chi connectivity index (χ3n) is 5.03. The molecular formula is C21H24N6OS. The molecule has 0 radical (unpaired) electrons. The molecule has 8 heteroatoms. The average molecular weight is 409 g/mol. The summed E-state index contributed by atoms with van der Waals surface area (Å²) in [7, 11) is 0. The quantitative estimate of drug-likeness (QED) is 0.470. The topological polar surface area (TPSA) is 77.6 Å². The molecule has 0 saturated carbocycles. The van der Waals surface area contributed by atoms with Gasteiger partial charge in [-0.2, -0.15) is 11.3 Å². The number of aromatic nitrogens is 5. The molecule has 3 aromatic heterocycles. The van der Waals surface area contributed by atoms with Gasteiger partial charge in [0.05, 0.1) is 23.7 Å². The lowest BCUT2D eigenvalue weighted by molar-refractivity contribution is -0.116. The zero-order chi connectivity index (χ0) is 20.2. The molecule has 29 heavy (non-hydrogen) atoms. The van der Waals surface area contributed by atoms with Gasteiger partial charge in [-0.1, -0.05) is 19.9 Å². The minimum absolute atomic E-state index is 0.0702. The maximum Gasteiger partial charge on any atom is 0.226 e. The normalized spacial score (nSPS) is 12.5. The Hall–Kier alpha value is -3.00. The van der Waals surface area contributed by atoms with Gasteiger partial charge in [0.2, 0.25) is 5.91 Å². The summed E-state index contributed by atoms with van der Waals surface area (Å²) < 4.78 is 3.88. The maximum absolute atomic E-state index is 12.9. The van der Waals surface area contributed by atoms with E-state index in [0.717, 1.165) is 35.1 Å². The molecule has 0 saturated heterocycles. The number of aryl methyl sites for hydroxylation is 1. The highest BCUT2D eigenvalue weighted by Gasteiger charge is 2.20. The highest BCUT2D eigenvalue weighted by molar-refractivity contribution is 7.08. The number of hydrogen-bond donors (Lipinski definition) is 1. The van der Waals surface area contributed by atoms with Crippen molar-refractivity contribution < 1.29 is 4.79 Å². The zero-order valence-corrected chi connectivity index (χ0v) is 17.3. The molecule has 1 N–H and O–H groups in total. The number of benzene rings is 1. The van der Waals surface area contributed by atoms with E-state index in [9.17, 15) is 4.79 Å². The highest BCUT2D eigenvalue weighted by atomic mass is 32.1. The van der Waals surface area contributed by atoms with Gasteiger partial charge >= 0.3 is 0 Å². The van der Waals surface area contributed by atoms with Crippen LogP contribution in [-0.2, 0) is 11.3 Å². The molecule has 1 unspecified atom stereocenters. The summed E-state index contributed by atoms with van der Waals surface area (Å²) in [6, 6.07) is 9.88. The van der Waals surface area contributed by atoms with Crippen molar-refractivity contribution in [2.75, 3.05) is 5.32 Å². The molecule has 1 aromatic carbocycles. The van der Waals surface area contributed by atoms with Crippen LogP contribution < -0.4 is 5.32 Å². The maximum atomic E-state index is 12.9. The van der Waals surface area contributed by atoms with E-state index < -0.39 is 0 Å². The summed E-state index contributed by atoms with van der Waals surface area (Å²) in [5.74, 6) is 0.578. The number of nitrogens with one attached hydrogen (secondary N) is 1. The fourth-order valence-corrected chi connectivity index (χ4v) is 4.15. The average Bonchev–Trinajstić information content (AvgIpc) is 3.47. The summed E-state index contributed by atoms with van der Waals surface area (Å²) in [5, 5.41) is 19.6. The molecular weight excluding hydrogens is 384 g/mol. The molecule has 0 fully saturated rings. The number of nitrogens with zero attached hydrogens (tertiary/aromatic N) is 5. The monoisotopic (exact) mass is 408 g/mol. The summed E-state index contributed by atoms with van der Waals surface area (Å²) in [4.78, 5) is 12.9. The molecule has 7 nitrogen and oxygen atoms in total. The van der Waals surface area contributed by atoms with Crippen LogP contribution in [0.5, 0.6) is 0 Å². The van der Waals surface area contributed by atoms with Crippen LogP contribution in [-0.4, -0.2) is 30.7 Å². The third-order valence-corrected chi connectivity index (χ3v) is 5.73. The lowest BCUT2D eigenvalue weighted by Crippen LogP contribution is -2.20. The van der Waals surface area contributed by atoms with Crippen LogP contribution >= 0.6 is 11.3 Å². The van der Waals surface area contributed by atoms with Crippen molar-refractivity contribution in [3.63, 3.8) is 0 Å². The lowest BCUT2D eigenvalue weighted by atomic mass is 10.1. The molecule has 0 aliphatic rings. The number of amides is 1. The Bertz CT molecular complexity index is 1030. The Morgan fingerprint density at radius 3 is 2.86 bits per heavy atom. The highest BCUT2D eigenvalue weighted by Crippen LogP contribution is 2.27. The first kappa shape index (κ1) is 19.3. The van der Waals surface area contributed by atoms with Gasteiger partial charge in [-0.05, 0) is 63.4 Å². The Kier molecular flexibility index (Phi) is 5.71. The molecule has 4 aromatic rings. The van der Waals surface area contributed by atoms with E-state index in [2.05, 4.69) is 57.6 Å². The second kappa shape index (κ2) is 8.57. The Morgan fingerprint density at radius 2 is 2.14 bits per heavy atom. The molecule has 1 amide bonds. The first-order valence-electron chi connectivity index (χ1n) is 9.74. The molecule has 3 heterocycles. The minimum atomic E-state index is -0.230. The van der Waals surface area contributed by atoms with Crippen LogP contribution in [0.15, 0.2) is 53.6 Å². The Balaban J connectivity index is 1.53. The van der Waals surface area contributed by atoms with Crippen LogP contribution in [0.25, 0.3) is 10.9 Å². The molecule has 150 valence electrons. The molecule has 0 aliphatic carbocycles. The van der Waals surface area contributed by atoms with Crippen LogP contribution in [0.2, 0.25) is 0 Å². The van der Waals surface area contributed by atoms with Gasteiger partial charge in [0.1, 0.15) is 6.33 Å². The van der Waals surface area contributed by atoms with Crippen LogP contribution in [0.1, 0.15) is 38.3 Å². The van der Waals surface area contributed by atoms with E-state index in [1.54, 1.807) is 22.3 Å². The van der Waals surface area contributed by atoms with Crippen molar-refractivity contribution in [2.24, 2.45) is 5.92 Å². The van der Waals surface area contributed by atoms with Gasteiger partial charge in [-0.15, -0.1) is 5.10 Å². The minimum Gasteiger partial charge on any atom is -0.347 e. The van der Waals surface area contributed by atoms with Crippen molar-refractivity contribution >= 4 is 33.8 Å². The van der Waals surface area contributed by atoms with Gasteiger partial charge in [0.25, 0.3) is 0 Å². The first-order chi connectivity index (χ1) is 14.1. The number of carbonyl (C=O) groups is 1. The van der Waals surface area contributed by atoms with E-state index in [0.29, 0.717) is 5.92 Å². The van der Waals surface area contributed by atoms with Crippen molar-refractivity contribution in [3.8, 4) is 0 Å². The predicted molar refractivity (Wildman–Crippen MR) is 115 cm³/mol. The second-order valence-corrected chi connectivity index (χ2v) is 8.32. The summed E-state index contributed by atoms with van der Waals surface area (Å²) in [6.45, 7) is 5.43. The Labute approximate surface area is 173 Å². The Morgan fingerprint density at radius 1 is 1.24 bits per heavy atom. The van der Waals surface area contributed by atoms with E-state index in [-0.39, 0.29) is 18.4 Å². The van der Waals surface area contributed by atoms with Gasteiger partial charge in [0.15, 0.2) is 0 Å². The first-order valence-corrected chi connectivity index (χ1v) is 10.7. The van der Waals surface area contributed by atoms with E-state index in [1.165, 1.54) is 0 Å². The summed E-state index contributed by atoms with van der Waals surface area (Å²) in [5.41, 5.74) is 2.99. The predicted octanol–water partition coefficient (Wildman–Crippen LogP) is 4.35. The fourth-order valence-electron chi connectivity index (χ4n) is 3.44. The van der Waals surface area contributed by atoms with Gasteiger partial charge in [-0.3, -0.25) is 4.79 Å². The van der Waals surface area contributed by atoms with E-state index in [1.807, 2.05) is 29.0 Å². The van der Waals surface area contributed by atoms with Crippen molar-refractivity contribution in [1.29, 1.82) is 0 Å². The van der Waals surface area contributed by atoms with Crippen LogP contribution in [0, 0.1) is 5.92 Å². The van der Waals surface area contributed by atoms with E-state index in [4.69, 9.17) is 0 Å². The largest absolute Gasteiger partial charge is 0.347 e. The number of rotatable bonds is 8. The van der Waals surface area contributed by atoms with E-state index >= 15 is 0 Å². The number of carbonyl (C=O) groups excluding carboxylic acids is 1. The standard InChI is InChI=1S/C21H24N6OS/c1-15(2)6-9-26-10-7-17-18(4-3-5-19(17)26)23-21(28)12-20(16-8-11-29-13-16)27-14-22-24-25-27/h3-5,7-8,10-11,13-15,20H,6,9,12H2,1-2H3,(H,23,28). The second-order valence-electron chi connectivity index (χ2n) is 7.54. The van der Waals surface area contributed by atoms with Crippen LogP contribution in [0.4, 0.5) is 5.69 Å². The van der Waals surface area contributed by atoms with Crippen molar-refractivity contribution in [2.45, 2.75) is 39.3 Å². The lowest BCUT2D eigenvalue weighted by Gasteiger charge is -2.15. The molecule has 0 bridgehead atoms. The van der Waals surface area contributed by atoms with Gasteiger partial charge in [0, 0.05) is 18.1 Å². The number of fused-ring (bicyclic) bond motifs is 1. The molecule has 0 spiro atoms. The SMILES string of the molecule is CC(C)CCn1ccc2c(NC(=O)CC(c3ccsc3)n3cnnn3)cccc21. The molecule has 1 atom stereocenters. The molecule has 0 aliphatic heterocycles. The van der Waals surface area contributed by atoms with Gasteiger partial charge < -0.3 is 9.88 Å². The van der Waals surface area contributed by atoms with Crippen LogP contribution in [0.3, 0.4) is 0 Å². The zero-order valence-electron chi connectivity index (χ0n) is 16.5. The third kappa shape index (κ3) is 4.37. The van der Waals surface area contributed by atoms with Crippen molar-refractivity contribution in [1.82, 2.24) is 24.8 Å². The number of tetrazole rings is 1. The van der Waals surface area contributed by atoms with Gasteiger partial charge in [-0.25, -0.2) is 4.68 Å².